The molecule has 1 aliphatic heterocycles. The van der Waals surface area contributed by atoms with Gasteiger partial charge in [-0.3, -0.25) is 0 Å². The molecular weight excluding hydrogens is 212 g/mol. The van der Waals surface area contributed by atoms with Crippen LogP contribution in [0.15, 0.2) is 0 Å². The van der Waals surface area contributed by atoms with E-state index in [0.29, 0.717) is 12.1 Å². The van der Waals surface area contributed by atoms with Crippen molar-refractivity contribution in [3.63, 3.8) is 0 Å². The van der Waals surface area contributed by atoms with Crippen LogP contribution in [0.3, 0.4) is 0 Å². The van der Waals surface area contributed by atoms with Gasteiger partial charge >= 0.3 is 0 Å². The van der Waals surface area contributed by atoms with E-state index in [-0.39, 0.29) is 5.60 Å². The number of hydrogen-bond donors (Lipinski definition) is 1. The van der Waals surface area contributed by atoms with Gasteiger partial charge in [-0.2, -0.15) is 0 Å². The Hall–Kier alpha value is -0.120. The second-order valence-electron chi connectivity index (χ2n) is 6.24. The van der Waals surface area contributed by atoms with Crippen molar-refractivity contribution in [3.05, 3.63) is 0 Å². The zero-order chi connectivity index (χ0) is 12.3. The third-order valence-corrected chi connectivity index (χ3v) is 4.19. The molecule has 0 bridgehead atoms. The Balaban J connectivity index is 1.67. The summed E-state index contributed by atoms with van der Waals surface area (Å²) in [7, 11) is 4.25. The van der Waals surface area contributed by atoms with Gasteiger partial charge in [-0.1, -0.05) is 12.8 Å². The van der Waals surface area contributed by atoms with Gasteiger partial charge in [0.15, 0.2) is 0 Å². The highest BCUT2D eigenvalue weighted by Gasteiger charge is 2.41. The Morgan fingerprint density at radius 2 is 2.00 bits per heavy atom. The van der Waals surface area contributed by atoms with E-state index in [9.17, 15) is 0 Å². The quantitative estimate of drug-likeness (QED) is 0.795. The number of likely N-dealkylation sites (N-methyl/N-ethyl adjacent to an activating group) is 1. The van der Waals surface area contributed by atoms with E-state index < -0.39 is 0 Å². The molecule has 0 amide bonds. The van der Waals surface area contributed by atoms with Crippen molar-refractivity contribution in [2.75, 3.05) is 27.2 Å². The third kappa shape index (κ3) is 3.67. The molecule has 2 fully saturated rings. The van der Waals surface area contributed by atoms with Crippen LogP contribution in [0.2, 0.25) is 0 Å². The van der Waals surface area contributed by atoms with Gasteiger partial charge < -0.3 is 15.0 Å². The van der Waals surface area contributed by atoms with Crippen LogP contribution in [-0.4, -0.2) is 49.8 Å². The predicted molar refractivity (Wildman–Crippen MR) is 71.3 cm³/mol. The maximum atomic E-state index is 6.29. The van der Waals surface area contributed by atoms with Gasteiger partial charge in [0.25, 0.3) is 0 Å². The zero-order valence-corrected chi connectivity index (χ0v) is 11.7. The van der Waals surface area contributed by atoms with Crippen LogP contribution >= 0.6 is 0 Å². The molecule has 2 rings (SSSR count). The molecule has 1 aliphatic carbocycles. The van der Waals surface area contributed by atoms with Crippen molar-refractivity contribution < 1.29 is 4.74 Å². The SMILES string of the molecule is CC(CN(C)C)NCC1CCC2(CCCC2)O1. The van der Waals surface area contributed by atoms with Crippen molar-refractivity contribution in [2.24, 2.45) is 0 Å². The van der Waals surface area contributed by atoms with E-state index in [0.717, 1.165) is 13.1 Å². The van der Waals surface area contributed by atoms with Crippen LogP contribution < -0.4 is 5.32 Å². The number of ether oxygens (including phenoxy) is 1. The Labute approximate surface area is 106 Å². The minimum atomic E-state index is 0.289. The Kier molecular flexibility index (Phi) is 4.45. The van der Waals surface area contributed by atoms with Gasteiger partial charge in [-0.05, 0) is 46.7 Å². The zero-order valence-electron chi connectivity index (χ0n) is 11.7. The van der Waals surface area contributed by atoms with E-state index >= 15 is 0 Å². The summed E-state index contributed by atoms with van der Waals surface area (Å²) in [6.45, 7) is 4.37. The van der Waals surface area contributed by atoms with Crippen molar-refractivity contribution in [1.29, 1.82) is 0 Å². The van der Waals surface area contributed by atoms with E-state index in [1.807, 2.05) is 0 Å². The van der Waals surface area contributed by atoms with Crippen LogP contribution in [0.1, 0.15) is 45.4 Å². The molecule has 1 saturated heterocycles. The summed E-state index contributed by atoms with van der Waals surface area (Å²) < 4.78 is 6.29. The van der Waals surface area contributed by atoms with Gasteiger partial charge in [-0.15, -0.1) is 0 Å². The fourth-order valence-corrected chi connectivity index (χ4v) is 3.37. The maximum absolute atomic E-state index is 6.29. The number of rotatable bonds is 5. The summed E-state index contributed by atoms with van der Waals surface area (Å²) in [6.07, 6.45) is 8.35. The van der Waals surface area contributed by atoms with Crippen molar-refractivity contribution in [3.8, 4) is 0 Å². The largest absolute Gasteiger partial charge is 0.370 e. The lowest BCUT2D eigenvalue weighted by molar-refractivity contribution is -0.0359. The van der Waals surface area contributed by atoms with Crippen molar-refractivity contribution in [1.82, 2.24) is 10.2 Å². The maximum Gasteiger partial charge on any atom is 0.0708 e. The van der Waals surface area contributed by atoms with Crippen molar-refractivity contribution in [2.45, 2.75) is 63.2 Å². The van der Waals surface area contributed by atoms with Crippen LogP contribution in [0.25, 0.3) is 0 Å². The molecule has 100 valence electrons. The first-order valence-corrected chi connectivity index (χ1v) is 7.16. The normalized spacial score (nSPS) is 29.3. The summed E-state index contributed by atoms with van der Waals surface area (Å²) in [5.41, 5.74) is 0.289. The molecule has 0 aromatic heterocycles. The average Bonchev–Trinajstić information content (AvgIpc) is 2.86. The van der Waals surface area contributed by atoms with Gasteiger partial charge in [0.1, 0.15) is 0 Å². The smallest absolute Gasteiger partial charge is 0.0708 e. The first-order chi connectivity index (χ1) is 8.10. The van der Waals surface area contributed by atoms with Crippen LogP contribution in [0.5, 0.6) is 0 Å². The molecule has 1 saturated carbocycles. The molecule has 2 unspecified atom stereocenters. The van der Waals surface area contributed by atoms with E-state index in [4.69, 9.17) is 4.74 Å². The molecule has 2 atom stereocenters. The highest BCUT2D eigenvalue weighted by molar-refractivity contribution is 4.93. The first-order valence-electron chi connectivity index (χ1n) is 7.16. The van der Waals surface area contributed by atoms with Gasteiger partial charge in [-0.25, -0.2) is 0 Å². The summed E-state index contributed by atoms with van der Waals surface area (Å²) in [5.74, 6) is 0. The van der Waals surface area contributed by atoms with Gasteiger partial charge in [0, 0.05) is 19.1 Å². The fraction of sp³-hybridized carbons (Fsp3) is 1.00. The first kappa shape index (κ1) is 13.3. The van der Waals surface area contributed by atoms with Crippen LogP contribution in [-0.2, 0) is 4.74 Å². The Morgan fingerprint density at radius 1 is 1.29 bits per heavy atom. The summed E-state index contributed by atoms with van der Waals surface area (Å²) in [4.78, 5) is 2.23. The fourth-order valence-electron chi connectivity index (χ4n) is 3.37. The lowest BCUT2D eigenvalue weighted by atomic mass is 9.98. The summed E-state index contributed by atoms with van der Waals surface area (Å²) in [5, 5.41) is 3.60. The predicted octanol–water partition coefficient (Wildman–Crippen LogP) is 2.02. The summed E-state index contributed by atoms with van der Waals surface area (Å²) in [6, 6.07) is 0.550. The highest BCUT2D eigenvalue weighted by atomic mass is 16.5. The van der Waals surface area contributed by atoms with E-state index in [2.05, 4.69) is 31.2 Å². The minimum Gasteiger partial charge on any atom is -0.370 e. The molecule has 3 nitrogen and oxygen atoms in total. The van der Waals surface area contributed by atoms with Gasteiger partial charge in [0.05, 0.1) is 11.7 Å². The molecule has 2 aliphatic rings. The number of nitrogens with zero attached hydrogens (tertiary/aromatic N) is 1. The second kappa shape index (κ2) is 5.68. The third-order valence-electron chi connectivity index (χ3n) is 4.19. The molecule has 1 spiro atoms. The molecule has 1 heterocycles. The lowest BCUT2D eigenvalue weighted by Crippen LogP contribution is -2.40. The minimum absolute atomic E-state index is 0.289. The topological polar surface area (TPSA) is 24.5 Å². The molecule has 3 heteroatoms. The van der Waals surface area contributed by atoms with Crippen LogP contribution in [0.4, 0.5) is 0 Å². The molecule has 0 aromatic carbocycles. The molecular formula is C14H28N2O. The molecule has 0 radical (unpaired) electrons. The van der Waals surface area contributed by atoms with Gasteiger partial charge in [0.2, 0.25) is 0 Å². The standard InChI is InChI=1S/C14H28N2O/c1-12(11-16(2)3)15-10-13-6-9-14(17-13)7-4-5-8-14/h12-13,15H,4-11H2,1-3H3. The second-order valence-corrected chi connectivity index (χ2v) is 6.24. The van der Waals surface area contributed by atoms with Crippen molar-refractivity contribution >= 4 is 0 Å². The van der Waals surface area contributed by atoms with Crippen LogP contribution in [0, 0.1) is 0 Å². The summed E-state index contributed by atoms with van der Waals surface area (Å²) >= 11 is 0. The molecule has 17 heavy (non-hydrogen) atoms. The van der Waals surface area contributed by atoms with E-state index in [1.54, 1.807) is 0 Å². The monoisotopic (exact) mass is 240 g/mol. The highest BCUT2D eigenvalue weighted by Crippen LogP contribution is 2.43. The average molecular weight is 240 g/mol. The van der Waals surface area contributed by atoms with E-state index in [1.165, 1.54) is 38.5 Å². The Bertz CT molecular complexity index is 236. The number of nitrogens with one attached hydrogen (secondary N) is 1. The lowest BCUT2D eigenvalue weighted by Gasteiger charge is -2.25. The molecule has 0 aromatic rings. The Morgan fingerprint density at radius 3 is 2.65 bits per heavy atom. The number of hydrogen-bond acceptors (Lipinski definition) is 3. The molecule has 1 N–H and O–H groups in total.